The molecule has 0 saturated heterocycles. The number of rotatable bonds is 8. The van der Waals surface area contributed by atoms with Crippen LogP contribution in [0.2, 0.25) is 0 Å². The van der Waals surface area contributed by atoms with E-state index in [1.165, 1.54) is 25.7 Å². The van der Waals surface area contributed by atoms with Crippen LogP contribution in [-0.4, -0.2) is 18.4 Å². The van der Waals surface area contributed by atoms with Gasteiger partial charge in [0.2, 0.25) is 0 Å². The lowest BCUT2D eigenvalue weighted by Gasteiger charge is -2.22. The molecule has 0 aliphatic heterocycles. The molecule has 0 radical (unpaired) electrons. The normalized spacial score (nSPS) is 11.7. The summed E-state index contributed by atoms with van der Waals surface area (Å²) in [7, 11) is 1.84. The first-order valence-electron chi connectivity index (χ1n) is 5.76. The number of hydrogen-bond acceptors (Lipinski definition) is 2. The number of ketones is 1. The van der Waals surface area contributed by atoms with Crippen molar-refractivity contribution in [2.75, 3.05) is 7.05 Å². The van der Waals surface area contributed by atoms with Gasteiger partial charge in [0.05, 0.1) is 5.54 Å². The summed E-state index contributed by atoms with van der Waals surface area (Å²) in [6.07, 6.45) is 6.78. The highest BCUT2D eigenvalue weighted by molar-refractivity contribution is 5.87. The molecular formula is C12H25NO. The Morgan fingerprint density at radius 2 is 1.71 bits per heavy atom. The zero-order valence-corrected chi connectivity index (χ0v) is 10.2. The number of unbranched alkanes of at least 4 members (excludes halogenated alkanes) is 4. The average molecular weight is 199 g/mol. The molecule has 0 aromatic rings. The lowest BCUT2D eigenvalue weighted by atomic mass is 9.95. The Balaban J connectivity index is 3.54. The molecule has 0 bridgehead atoms. The topological polar surface area (TPSA) is 29.1 Å². The Labute approximate surface area is 88.5 Å². The minimum atomic E-state index is -0.343. The van der Waals surface area contributed by atoms with Crippen molar-refractivity contribution in [3.63, 3.8) is 0 Å². The number of carbonyl (C=O) groups is 1. The van der Waals surface area contributed by atoms with Gasteiger partial charge in [-0.1, -0.05) is 32.6 Å². The molecule has 0 rings (SSSR count). The van der Waals surface area contributed by atoms with Gasteiger partial charge in [0, 0.05) is 6.42 Å². The van der Waals surface area contributed by atoms with Crippen LogP contribution in [0.25, 0.3) is 0 Å². The minimum Gasteiger partial charge on any atom is -0.308 e. The first-order chi connectivity index (χ1) is 6.54. The van der Waals surface area contributed by atoms with E-state index in [-0.39, 0.29) is 5.54 Å². The smallest absolute Gasteiger partial charge is 0.152 e. The van der Waals surface area contributed by atoms with E-state index >= 15 is 0 Å². The van der Waals surface area contributed by atoms with Gasteiger partial charge in [0.15, 0.2) is 5.78 Å². The Kier molecular flexibility index (Phi) is 6.81. The number of nitrogens with one attached hydrogen (secondary N) is 1. The van der Waals surface area contributed by atoms with E-state index in [0.29, 0.717) is 5.78 Å². The fourth-order valence-corrected chi connectivity index (χ4v) is 1.34. The van der Waals surface area contributed by atoms with Crippen LogP contribution in [0.3, 0.4) is 0 Å². The third-order valence-corrected chi connectivity index (χ3v) is 2.83. The fraction of sp³-hybridized carbons (Fsp3) is 0.917. The van der Waals surface area contributed by atoms with Crippen LogP contribution in [0.4, 0.5) is 0 Å². The molecule has 0 aliphatic rings. The molecule has 0 aromatic carbocycles. The van der Waals surface area contributed by atoms with E-state index in [0.717, 1.165) is 12.8 Å². The summed E-state index contributed by atoms with van der Waals surface area (Å²) in [5, 5.41) is 3.04. The third kappa shape index (κ3) is 5.38. The molecule has 84 valence electrons. The van der Waals surface area contributed by atoms with Crippen LogP contribution in [-0.2, 0) is 4.79 Å². The second-order valence-electron chi connectivity index (χ2n) is 4.46. The van der Waals surface area contributed by atoms with E-state index in [1.807, 2.05) is 20.9 Å². The molecule has 0 fully saturated rings. The quantitative estimate of drug-likeness (QED) is 0.609. The van der Waals surface area contributed by atoms with E-state index in [2.05, 4.69) is 12.2 Å². The minimum absolute atomic E-state index is 0.330. The second kappa shape index (κ2) is 6.99. The van der Waals surface area contributed by atoms with Crippen molar-refractivity contribution in [2.45, 2.75) is 64.8 Å². The van der Waals surface area contributed by atoms with Crippen molar-refractivity contribution in [1.29, 1.82) is 0 Å². The van der Waals surface area contributed by atoms with E-state index in [1.54, 1.807) is 0 Å². The van der Waals surface area contributed by atoms with Crippen LogP contribution in [0.5, 0.6) is 0 Å². The Morgan fingerprint density at radius 3 is 2.21 bits per heavy atom. The van der Waals surface area contributed by atoms with Crippen LogP contribution in [0, 0.1) is 0 Å². The molecule has 0 unspecified atom stereocenters. The summed E-state index contributed by atoms with van der Waals surface area (Å²) in [5.41, 5.74) is -0.343. The maximum atomic E-state index is 11.7. The molecular weight excluding hydrogens is 174 g/mol. The third-order valence-electron chi connectivity index (χ3n) is 2.83. The number of Topliss-reactive ketones (excluding diaryl/α,β-unsaturated/α-hetero) is 1. The highest BCUT2D eigenvalue weighted by Gasteiger charge is 2.23. The highest BCUT2D eigenvalue weighted by atomic mass is 16.1. The molecule has 0 atom stereocenters. The SMILES string of the molecule is CCCCCCCC(=O)C(C)(C)NC. The van der Waals surface area contributed by atoms with Gasteiger partial charge in [-0.3, -0.25) is 4.79 Å². The first-order valence-corrected chi connectivity index (χ1v) is 5.76. The highest BCUT2D eigenvalue weighted by Crippen LogP contribution is 2.11. The molecule has 0 heterocycles. The van der Waals surface area contributed by atoms with Gasteiger partial charge in [-0.25, -0.2) is 0 Å². The molecule has 2 heteroatoms. The second-order valence-corrected chi connectivity index (χ2v) is 4.46. The molecule has 2 nitrogen and oxygen atoms in total. The lowest BCUT2D eigenvalue weighted by molar-refractivity contribution is -0.124. The van der Waals surface area contributed by atoms with Gasteiger partial charge in [-0.15, -0.1) is 0 Å². The van der Waals surface area contributed by atoms with Crippen molar-refractivity contribution in [2.24, 2.45) is 0 Å². The summed E-state index contributed by atoms with van der Waals surface area (Å²) in [5.74, 6) is 0.330. The van der Waals surface area contributed by atoms with Crippen molar-refractivity contribution >= 4 is 5.78 Å². The molecule has 14 heavy (non-hydrogen) atoms. The molecule has 0 saturated carbocycles. The van der Waals surface area contributed by atoms with Gasteiger partial charge in [0.1, 0.15) is 0 Å². The Hall–Kier alpha value is -0.370. The van der Waals surface area contributed by atoms with E-state index in [9.17, 15) is 4.79 Å². The molecule has 1 N–H and O–H groups in total. The predicted molar refractivity (Wildman–Crippen MR) is 61.5 cm³/mol. The zero-order chi connectivity index (χ0) is 11.0. The zero-order valence-electron chi connectivity index (χ0n) is 10.2. The molecule has 0 spiro atoms. The molecule has 0 aliphatic carbocycles. The van der Waals surface area contributed by atoms with Gasteiger partial charge in [-0.05, 0) is 27.3 Å². The molecule has 0 amide bonds. The van der Waals surface area contributed by atoms with Crippen LogP contribution in [0.1, 0.15) is 59.3 Å². The summed E-state index contributed by atoms with van der Waals surface area (Å²) in [6.45, 7) is 6.10. The van der Waals surface area contributed by atoms with Gasteiger partial charge < -0.3 is 5.32 Å². The summed E-state index contributed by atoms with van der Waals surface area (Å²) in [4.78, 5) is 11.7. The van der Waals surface area contributed by atoms with E-state index in [4.69, 9.17) is 0 Å². The largest absolute Gasteiger partial charge is 0.308 e. The predicted octanol–water partition coefficient (Wildman–Crippen LogP) is 2.91. The maximum Gasteiger partial charge on any atom is 0.152 e. The van der Waals surface area contributed by atoms with E-state index < -0.39 is 0 Å². The number of likely N-dealkylation sites (N-methyl/N-ethyl adjacent to an activating group) is 1. The fourth-order valence-electron chi connectivity index (χ4n) is 1.34. The summed E-state index contributed by atoms with van der Waals surface area (Å²) >= 11 is 0. The summed E-state index contributed by atoms with van der Waals surface area (Å²) in [6, 6.07) is 0. The van der Waals surface area contributed by atoms with Gasteiger partial charge >= 0.3 is 0 Å². The van der Waals surface area contributed by atoms with Crippen LogP contribution in [0.15, 0.2) is 0 Å². The van der Waals surface area contributed by atoms with Gasteiger partial charge in [0.25, 0.3) is 0 Å². The monoisotopic (exact) mass is 199 g/mol. The van der Waals surface area contributed by atoms with Crippen molar-refractivity contribution < 1.29 is 4.79 Å². The van der Waals surface area contributed by atoms with Crippen LogP contribution < -0.4 is 5.32 Å². The van der Waals surface area contributed by atoms with Crippen molar-refractivity contribution in [3.05, 3.63) is 0 Å². The lowest BCUT2D eigenvalue weighted by Crippen LogP contribution is -2.44. The van der Waals surface area contributed by atoms with Crippen molar-refractivity contribution in [1.82, 2.24) is 5.32 Å². The van der Waals surface area contributed by atoms with Crippen LogP contribution >= 0.6 is 0 Å². The Bertz CT molecular complexity index is 164. The summed E-state index contributed by atoms with van der Waals surface area (Å²) < 4.78 is 0. The molecule has 0 aromatic heterocycles. The average Bonchev–Trinajstić information content (AvgIpc) is 2.17. The van der Waals surface area contributed by atoms with Crippen molar-refractivity contribution in [3.8, 4) is 0 Å². The maximum absolute atomic E-state index is 11.7. The first kappa shape index (κ1) is 13.6. The Morgan fingerprint density at radius 1 is 1.14 bits per heavy atom. The number of carbonyl (C=O) groups excluding carboxylic acids is 1. The standard InChI is InChI=1S/C12H25NO/c1-5-6-7-8-9-10-11(14)12(2,3)13-4/h13H,5-10H2,1-4H3. The van der Waals surface area contributed by atoms with Gasteiger partial charge in [-0.2, -0.15) is 0 Å². The number of hydrogen-bond donors (Lipinski definition) is 1.